The van der Waals surface area contributed by atoms with Gasteiger partial charge < -0.3 is 10.5 Å². The predicted molar refractivity (Wildman–Crippen MR) is 101 cm³/mol. The van der Waals surface area contributed by atoms with Crippen LogP contribution in [0.25, 0.3) is 11.6 Å². The van der Waals surface area contributed by atoms with E-state index < -0.39 is 12.3 Å². The number of ether oxygens (including phenoxy) is 1. The van der Waals surface area contributed by atoms with Crippen LogP contribution < -0.4 is 10.5 Å². The summed E-state index contributed by atoms with van der Waals surface area (Å²) < 4.78 is 34.0. The van der Waals surface area contributed by atoms with Gasteiger partial charge in [0.2, 0.25) is 5.88 Å². The first-order chi connectivity index (χ1) is 14.9. The number of primary amides is 1. The highest BCUT2D eigenvalue weighted by Gasteiger charge is 2.15. The van der Waals surface area contributed by atoms with E-state index in [0.29, 0.717) is 23.0 Å². The lowest BCUT2D eigenvalue weighted by Crippen LogP contribution is -2.11. The molecule has 0 spiro atoms. The molecular weight excluding hydrogens is 412 g/mol. The van der Waals surface area contributed by atoms with Crippen molar-refractivity contribution >= 4 is 5.91 Å². The van der Waals surface area contributed by atoms with Gasteiger partial charge in [0.1, 0.15) is 24.3 Å². The van der Waals surface area contributed by atoms with E-state index in [1.807, 2.05) is 0 Å². The number of hydrogen-bond donors (Lipinski definition) is 1. The molecule has 1 amide bonds. The van der Waals surface area contributed by atoms with Crippen LogP contribution in [0.2, 0.25) is 0 Å². The molecule has 11 nitrogen and oxygen atoms in total. The highest BCUT2D eigenvalue weighted by Crippen LogP contribution is 2.19. The molecule has 0 saturated carbocycles. The number of amides is 1. The SMILES string of the molecule is Cc1nnn(-c2ccc(C(F)F)cn2)c1COc1ccc(-n2cnc(C(N)=O)c2)nn1. The second kappa shape index (κ2) is 8.22. The Hall–Kier alpha value is -4.29. The van der Waals surface area contributed by atoms with Crippen LogP contribution in [0.5, 0.6) is 5.88 Å². The zero-order valence-electron chi connectivity index (χ0n) is 16.1. The largest absolute Gasteiger partial charge is 0.470 e. The van der Waals surface area contributed by atoms with Gasteiger partial charge in [-0.25, -0.2) is 18.7 Å². The molecule has 0 aliphatic rings. The van der Waals surface area contributed by atoms with Crippen LogP contribution in [0.4, 0.5) is 8.78 Å². The van der Waals surface area contributed by atoms with Gasteiger partial charge >= 0.3 is 0 Å². The second-order valence-electron chi connectivity index (χ2n) is 6.33. The molecule has 158 valence electrons. The van der Waals surface area contributed by atoms with Gasteiger partial charge in [-0.1, -0.05) is 5.21 Å². The Morgan fingerprint density at radius 1 is 1.13 bits per heavy atom. The van der Waals surface area contributed by atoms with Crippen molar-refractivity contribution in [2.24, 2.45) is 5.73 Å². The summed E-state index contributed by atoms with van der Waals surface area (Å²) in [5, 5.41) is 16.0. The highest BCUT2D eigenvalue weighted by molar-refractivity contribution is 5.90. The molecule has 4 aromatic rings. The van der Waals surface area contributed by atoms with Gasteiger partial charge in [-0.2, -0.15) is 4.68 Å². The number of nitrogens with zero attached hydrogens (tertiary/aromatic N) is 8. The first-order valence-corrected chi connectivity index (χ1v) is 8.88. The van der Waals surface area contributed by atoms with E-state index in [1.165, 1.54) is 33.9 Å². The van der Waals surface area contributed by atoms with Gasteiger partial charge in [0.15, 0.2) is 11.6 Å². The number of rotatable bonds is 7. The maximum Gasteiger partial charge on any atom is 0.268 e. The molecule has 4 rings (SSSR count). The number of carbonyl (C=O) groups is 1. The fourth-order valence-corrected chi connectivity index (χ4v) is 2.62. The minimum Gasteiger partial charge on any atom is -0.470 e. The summed E-state index contributed by atoms with van der Waals surface area (Å²) in [6.07, 6.45) is 1.32. The van der Waals surface area contributed by atoms with Crippen molar-refractivity contribution in [1.82, 2.24) is 39.7 Å². The Balaban J connectivity index is 1.48. The van der Waals surface area contributed by atoms with E-state index in [9.17, 15) is 13.6 Å². The van der Waals surface area contributed by atoms with E-state index in [0.717, 1.165) is 6.20 Å². The summed E-state index contributed by atoms with van der Waals surface area (Å²) in [5.41, 5.74) is 6.26. The van der Waals surface area contributed by atoms with E-state index in [2.05, 4.69) is 30.5 Å². The number of imidazole rings is 1. The van der Waals surface area contributed by atoms with Gasteiger partial charge in [-0.15, -0.1) is 15.3 Å². The second-order valence-corrected chi connectivity index (χ2v) is 6.33. The molecule has 4 heterocycles. The highest BCUT2D eigenvalue weighted by atomic mass is 19.3. The van der Waals surface area contributed by atoms with Crippen molar-refractivity contribution in [2.45, 2.75) is 20.0 Å². The summed E-state index contributed by atoms with van der Waals surface area (Å²) in [7, 11) is 0. The smallest absolute Gasteiger partial charge is 0.268 e. The zero-order chi connectivity index (χ0) is 22.0. The van der Waals surface area contributed by atoms with Crippen LogP contribution in [0.3, 0.4) is 0 Å². The third kappa shape index (κ3) is 4.19. The fourth-order valence-electron chi connectivity index (χ4n) is 2.62. The molecule has 0 aliphatic heterocycles. The third-order valence-corrected chi connectivity index (χ3v) is 4.28. The Morgan fingerprint density at radius 2 is 1.94 bits per heavy atom. The Labute approximate surface area is 173 Å². The van der Waals surface area contributed by atoms with Gasteiger partial charge in [0.05, 0.1) is 5.69 Å². The van der Waals surface area contributed by atoms with Crippen molar-refractivity contribution in [1.29, 1.82) is 0 Å². The molecule has 0 aromatic carbocycles. The Kier molecular flexibility index (Phi) is 5.30. The zero-order valence-corrected chi connectivity index (χ0v) is 16.1. The fraction of sp³-hybridized carbons (Fsp3) is 0.167. The molecule has 2 N–H and O–H groups in total. The van der Waals surface area contributed by atoms with Gasteiger partial charge in [0.25, 0.3) is 12.3 Å². The van der Waals surface area contributed by atoms with Gasteiger partial charge in [-0.05, 0) is 25.1 Å². The lowest BCUT2D eigenvalue weighted by molar-refractivity contribution is 0.0996. The molecule has 0 aliphatic carbocycles. The van der Waals surface area contributed by atoms with Crippen molar-refractivity contribution in [3.63, 3.8) is 0 Å². The van der Waals surface area contributed by atoms with Crippen molar-refractivity contribution in [3.8, 4) is 17.5 Å². The number of hydrogen-bond acceptors (Lipinski definition) is 8. The average Bonchev–Trinajstić information content (AvgIpc) is 3.40. The number of alkyl halides is 2. The van der Waals surface area contributed by atoms with Crippen LogP contribution in [-0.4, -0.2) is 45.6 Å². The van der Waals surface area contributed by atoms with Crippen LogP contribution in [0, 0.1) is 6.92 Å². The number of aryl methyl sites for hydroxylation is 1. The first-order valence-electron chi connectivity index (χ1n) is 8.88. The summed E-state index contributed by atoms with van der Waals surface area (Å²) in [5.74, 6) is 0.326. The van der Waals surface area contributed by atoms with Crippen LogP contribution in [0.15, 0.2) is 43.0 Å². The van der Waals surface area contributed by atoms with Crippen LogP contribution >= 0.6 is 0 Å². The normalized spacial score (nSPS) is 11.1. The summed E-state index contributed by atoms with van der Waals surface area (Å²) in [6, 6.07) is 5.92. The maximum absolute atomic E-state index is 12.7. The maximum atomic E-state index is 12.7. The Morgan fingerprint density at radius 3 is 2.55 bits per heavy atom. The molecule has 0 unspecified atom stereocenters. The number of carbonyl (C=O) groups excluding carboxylic acids is 1. The van der Waals surface area contributed by atoms with Crippen LogP contribution in [0.1, 0.15) is 33.9 Å². The van der Waals surface area contributed by atoms with Crippen molar-refractivity contribution in [2.75, 3.05) is 0 Å². The predicted octanol–water partition coefficient (Wildman–Crippen LogP) is 1.56. The minimum atomic E-state index is -2.60. The lowest BCUT2D eigenvalue weighted by Gasteiger charge is -2.09. The minimum absolute atomic E-state index is 0.0437. The monoisotopic (exact) mass is 427 g/mol. The van der Waals surface area contributed by atoms with E-state index in [4.69, 9.17) is 10.5 Å². The van der Waals surface area contributed by atoms with Crippen LogP contribution in [-0.2, 0) is 6.61 Å². The molecule has 0 fully saturated rings. The molecule has 0 radical (unpaired) electrons. The number of pyridine rings is 1. The molecule has 31 heavy (non-hydrogen) atoms. The third-order valence-electron chi connectivity index (χ3n) is 4.28. The number of aromatic nitrogens is 8. The Bertz CT molecular complexity index is 1200. The number of nitrogens with two attached hydrogens (primary N) is 1. The molecule has 13 heteroatoms. The summed E-state index contributed by atoms with van der Waals surface area (Å²) >= 11 is 0. The molecule has 0 saturated heterocycles. The lowest BCUT2D eigenvalue weighted by atomic mass is 10.3. The molecular formula is C18H15F2N9O2. The topological polar surface area (TPSA) is 140 Å². The first kappa shape index (κ1) is 20.0. The van der Waals surface area contributed by atoms with Gasteiger partial charge in [0, 0.05) is 24.0 Å². The average molecular weight is 427 g/mol. The molecule has 0 atom stereocenters. The van der Waals surface area contributed by atoms with Crippen molar-refractivity contribution in [3.05, 3.63) is 65.6 Å². The summed E-state index contributed by atoms with van der Waals surface area (Å²) in [6.45, 7) is 1.78. The van der Waals surface area contributed by atoms with Crippen molar-refractivity contribution < 1.29 is 18.3 Å². The van der Waals surface area contributed by atoms with E-state index in [-0.39, 0.29) is 23.7 Å². The quantitative estimate of drug-likeness (QED) is 0.469. The number of halogens is 2. The van der Waals surface area contributed by atoms with E-state index >= 15 is 0 Å². The van der Waals surface area contributed by atoms with E-state index in [1.54, 1.807) is 19.1 Å². The molecule has 0 bridgehead atoms. The summed E-state index contributed by atoms with van der Waals surface area (Å²) in [4.78, 5) is 19.0. The van der Waals surface area contributed by atoms with Gasteiger partial charge in [-0.3, -0.25) is 9.36 Å². The molecule has 4 aromatic heterocycles. The standard InChI is InChI=1S/C18H15F2N9O2/c1-10-13(29(27-24-10)14-3-2-11(6-22-14)17(19)20)8-31-16-5-4-15(25-26-16)28-7-12(18(21)30)23-9-28/h2-7,9,17H,8H2,1H3,(H2,21,30).